The van der Waals surface area contributed by atoms with Crippen LogP contribution in [0.1, 0.15) is 47.6 Å². The topological polar surface area (TPSA) is 51.0 Å². The quantitative estimate of drug-likeness (QED) is 0.699. The summed E-state index contributed by atoms with van der Waals surface area (Å²) >= 11 is 1.70. The van der Waals surface area contributed by atoms with Gasteiger partial charge in [0.15, 0.2) is 5.65 Å². The van der Waals surface area contributed by atoms with Crippen LogP contribution in [0.25, 0.3) is 11.0 Å². The minimum atomic E-state index is 0.101. The average molecular weight is 354 g/mol. The molecule has 5 nitrogen and oxygen atoms in total. The van der Waals surface area contributed by atoms with Gasteiger partial charge in [-0.2, -0.15) is 5.10 Å². The number of aromatic nitrogens is 3. The number of aryl methyl sites for hydroxylation is 1. The Morgan fingerprint density at radius 3 is 2.88 bits per heavy atom. The van der Waals surface area contributed by atoms with Gasteiger partial charge in [-0.15, -0.1) is 11.3 Å². The van der Waals surface area contributed by atoms with Crippen LogP contribution in [0, 0.1) is 6.92 Å². The molecule has 3 aromatic heterocycles. The second kappa shape index (κ2) is 6.26. The highest BCUT2D eigenvalue weighted by atomic mass is 32.1. The van der Waals surface area contributed by atoms with Crippen LogP contribution in [0.4, 0.5) is 0 Å². The van der Waals surface area contributed by atoms with Gasteiger partial charge in [0, 0.05) is 22.7 Å². The number of thiophene rings is 1. The van der Waals surface area contributed by atoms with Gasteiger partial charge in [-0.25, -0.2) is 9.67 Å². The highest BCUT2D eigenvalue weighted by Crippen LogP contribution is 2.31. The standard InChI is InChI=1S/C19H22N4OS/c1-12(2)23(14-6-7-14)19(24)16-9-13(3)21-18-17(16)10-20-22(18)11-15-5-4-8-25-15/h4-5,8-10,12,14H,6-7,11H2,1-3H3. The van der Waals surface area contributed by atoms with Gasteiger partial charge in [0.05, 0.1) is 23.7 Å². The molecule has 0 bridgehead atoms. The molecule has 0 unspecified atom stereocenters. The zero-order chi connectivity index (χ0) is 17.6. The van der Waals surface area contributed by atoms with E-state index in [0.717, 1.165) is 35.1 Å². The summed E-state index contributed by atoms with van der Waals surface area (Å²) < 4.78 is 1.89. The molecule has 3 aromatic rings. The summed E-state index contributed by atoms with van der Waals surface area (Å²) in [5.41, 5.74) is 2.36. The van der Waals surface area contributed by atoms with E-state index in [1.807, 2.05) is 28.6 Å². The van der Waals surface area contributed by atoms with Crippen molar-refractivity contribution in [1.29, 1.82) is 0 Å². The van der Waals surface area contributed by atoms with Crippen LogP contribution in [0.3, 0.4) is 0 Å². The fourth-order valence-corrected chi connectivity index (χ4v) is 4.02. The molecule has 1 fully saturated rings. The zero-order valence-corrected chi connectivity index (χ0v) is 15.6. The Balaban J connectivity index is 1.76. The average Bonchev–Trinajstić information content (AvgIpc) is 3.10. The third kappa shape index (κ3) is 3.06. The molecule has 6 heteroatoms. The lowest BCUT2D eigenvalue weighted by molar-refractivity contribution is 0.0692. The van der Waals surface area contributed by atoms with Crippen molar-refractivity contribution in [2.45, 2.75) is 52.2 Å². The molecule has 1 aliphatic rings. The first-order valence-electron chi connectivity index (χ1n) is 8.73. The van der Waals surface area contributed by atoms with Gasteiger partial charge in [-0.3, -0.25) is 4.79 Å². The molecule has 1 aliphatic carbocycles. The monoisotopic (exact) mass is 354 g/mol. The van der Waals surface area contributed by atoms with Crippen LogP contribution in [0.2, 0.25) is 0 Å². The molecule has 1 amide bonds. The second-order valence-electron chi connectivity index (χ2n) is 6.97. The Morgan fingerprint density at radius 2 is 2.24 bits per heavy atom. The number of nitrogens with zero attached hydrogens (tertiary/aromatic N) is 4. The first-order valence-corrected chi connectivity index (χ1v) is 9.60. The molecule has 130 valence electrons. The molecule has 0 spiro atoms. The van der Waals surface area contributed by atoms with Crippen molar-refractivity contribution in [2.24, 2.45) is 0 Å². The first kappa shape index (κ1) is 16.3. The number of carbonyl (C=O) groups is 1. The van der Waals surface area contributed by atoms with Gasteiger partial charge in [-0.05, 0) is 51.1 Å². The fraction of sp³-hybridized carbons (Fsp3) is 0.421. The summed E-state index contributed by atoms with van der Waals surface area (Å²) in [5.74, 6) is 0.101. The molecule has 3 heterocycles. The predicted octanol–water partition coefficient (Wildman–Crippen LogP) is 3.86. The Morgan fingerprint density at radius 1 is 1.44 bits per heavy atom. The number of hydrogen-bond donors (Lipinski definition) is 0. The van der Waals surface area contributed by atoms with Crippen molar-refractivity contribution >= 4 is 28.3 Å². The largest absolute Gasteiger partial charge is 0.333 e. The maximum Gasteiger partial charge on any atom is 0.255 e. The van der Waals surface area contributed by atoms with E-state index in [0.29, 0.717) is 12.6 Å². The maximum atomic E-state index is 13.2. The zero-order valence-electron chi connectivity index (χ0n) is 14.8. The van der Waals surface area contributed by atoms with Crippen molar-refractivity contribution in [3.8, 4) is 0 Å². The highest BCUT2D eigenvalue weighted by Gasteiger charge is 2.35. The van der Waals surface area contributed by atoms with Crippen molar-refractivity contribution in [3.63, 3.8) is 0 Å². The maximum absolute atomic E-state index is 13.2. The van der Waals surface area contributed by atoms with Gasteiger partial charge in [0.25, 0.3) is 5.91 Å². The third-order valence-corrected chi connectivity index (χ3v) is 5.45. The molecule has 1 saturated carbocycles. The summed E-state index contributed by atoms with van der Waals surface area (Å²) in [5, 5.41) is 7.42. The summed E-state index contributed by atoms with van der Waals surface area (Å²) in [6.07, 6.45) is 4.00. The van der Waals surface area contributed by atoms with E-state index in [9.17, 15) is 4.79 Å². The van der Waals surface area contributed by atoms with Gasteiger partial charge < -0.3 is 4.90 Å². The molecular weight excluding hydrogens is 332 g/mol. The number of amides is 1. The molecule has 0 aromatic carbocycles. The molecule has 25 heavy (non-hydrogen) atoms. The number of fused-ring (bicyclic) bond motifs is 1. The van der Waals surface area contributed by atoms with E-state index in [1.54, 1.807) is 17.5 Å². The number of pyridine rings is 1. The Bertz CT molecular complexity index is 907. The fourth-order valence-electron chi connectivity index (χ4n) is 3.33. The minimum Gasteiger partial charge on any atom is -0.333 e. The third-order valence-electron chi connectivity index (χ3n) is 4.58. The van der Waals surface area contributed by atoms with Crippen molar-refractivity contribution in [2.75, 3.05) is 0 Å². The summed E-state index contributed by atoms with van der Waals surface area (Å²) in [6.45, 7) is 6.79. The molecule has 0 N–H and O–H groups in total. The molecule has 4 rings (SSSR count). The smallest absolute Gasteiger partial charge is 0.255 e. The number of rotatable bonds is 5. The first-order chi connectivity index (χ1) is 12.0. The minimum absolute atomic E-state index is 0.101. The number of carbonyl (C=O) groups excluding carboxylic acids is 1. The lowest BCUT2D eigenvalue weighted by Crippen LogP contribution is -2.38. The van der Waals surface area contributed by atoms with E-state index >= 15 is 0 Å². The second-order valence-corrected chi connectivity index (χ2v) is 8.00. The van der Waals surface area contributed by atoms with Crippen LogP contribution >= 0.6 is 11.3 Å². The van der Waals surface area contributed by atoms with E-state index in [-0.39, 0.29) is 11.9 Å². The van der Waals surface area contributed by atoms with Gasteiger partial charge in [-0.1, -0.05) is 6.07 Å². The molecule has 0 atom stereocenters. The Kier molecular flexibility index (Phi) is 4.07. The van der Waals surface area contributed by atoms with Crippen molar-refractivity contribution < 1.29 is 4.79 Å². The van der Waals surface area contributed by atoms with E-state index in [4.69, 9.17) is 0 Å². The van der Waals surface area contributed by atoms with Crippen LogP contribution in [-0.2, 0) is 6.54 Å². The van der Waals surface area contributed by atoms with Gasteiger partial charge in [0.2, 0.25) is 0 Å². The normalized spacial score (nSPS) is 14.4. The Hall–Kier alpha value is -2.21. The van der Waals surface area contributed by atoms with Gasteiger partial charge in [0.1, 0.15) is 0 Å². The summed E-state index contributed by atoms with van der Waals surface area (Å²) in [6, 6.07) is 6.62. The Labute approximate surface area is 151 Å². The van der Waals surface area contributed by atoms with E-state index < -0.39 is 0 Å². The SMILES string of the molecule is Cc1cc(C(=O)N(C(C)C)C2CC2)c2cnn(Cc3cccs3)c2n1. The van der Waals surface area contributed by atoms with Crippen LogP contribution in [0.15, 0.2) is 29.8 Å². The number of hydrogen-bond acceptors (Lipinski definition) is 4. The molecule has 0 aliphatic heterocycles. The van der Waals surface area contributed by atoms with E-state index in [1.165, 1.54) is 4.88 Å². The molecular formula is C19H22N4OS. The molecule has 0 radical (unpaired) electrons. The van der Waals surface area contributed by atoms with Crippen LogP contribution in [-0.4, -0.2) is 37.7 Å². The van der Waals surface area contributed by atoms with Crippen molar-refractivity contribution in [3.05, 3.63) is 45.9 Å². The molecule has 0 saturated heterocycles. The van der Waals surface area contributed by atoms with Gasteiger partial charge >= 0.3 is 0 Å². The predicted molar refractivity (Wildman–Crippen MR) is 100 cm³/mol. The lowest BCUT2D eigenvalue weighted by atomic mass is 10.1. The van der Waals surface area contributed by atoms with Crippen molar-refractivity contribution in [1.82, 2.24) is 19.7 Å². The summed E-state index contributed by atoms with van der Waals surface area (Å²) in [4.78, 5) is 21.1. The van der Waals surface area contributed by atoms with Crippen LogP contribution < -0.4 is 0 Å². The van der Waals surface area contributed by atoms with Crippen LogP contribution in [0.5, 0.6) is 0 Å². The van der Waals surface area contributed by atoms with E-state index in [2.05, 4.69) is 35.4 Å². The highest BCUT2D eigenvalue weighted by molar-refractivity contribution is 7.09. The lowest BCUT2D eigenvalue weighted by Gasteiger charge is -2.27. The summed E-state index contributed by atoms with van der Waals surface area (Å²) in [7, 11) is 0.